The number of carbonyl (C=O) groups is 1. The van der Waals surface area contributed by atoms with Gasteiger partial charge in [-0.15, -0.1) is 0 Å². The number of hydrogen-bond donors (Lipinski definition) is 1. The Morgan fingerprint density at radius 3 is 2.75 bits per heavy atom. The van der Waals surface area contributed by atoms with Crippen LogP contribution >= 0.6 is 0 Å². The standard InChI is InChI=1S/C12H24N2O2/c1-9(2)8-14-7-5-4-6-10(14)11(13)12(15)16-3/h9-11H,4-8,13H2,1-3H3. The van der Waals surface area contributed by atoms with Gasteiger partial charge in [-0.25, -0.2) is 0 Å². The maximum Gasteiger partial charge on any atom is 0.324 e. The normalized spacial score (nSPS) is 24.4. The number of ether oxygens (including phenoxy) is 1. The molecular formula is C12H24N2O2. The molecule has 16 heavy (non-hydrogen) atoms. The second-order valence-electron chi connectivity index (χ2n) is 5.00. The fourth-order valence-electron chi connectivity index (χ4n) is 2.41. The van der Waals surface area contributed by atoms with Crippen molar-refractivity contribution < 1.29 is 9.53 Å². The topological polar surface area (TPSA) is 55.6 Å². The maximum atomic E-state index is 11.5. The molecular weight excluding hydrogens is 204 g/mol. The summed E-state index contributed by atoms with van der Waals surface area (Å²) in [5, 5.41) is 0. The fourth-order valence-corrected chi connectivity index (χ4v) is 2.41. The van der Waals surface area contributed by atoms with Crippen LogP contribution in [0.4, 0.5) is 0 Å². The predicted molar refractivity (Wildman–Crippen MR) is 64.0 cm³/mol. The lowest BCUT2D eigenvalue weighted by Crippen LogP contribution is -2.54. The van der Waals surface area contributed by atoms with Crippen LogP contribution in [-0.4, -0.2) is 43.2 Å². The van der Waals surface area contributed by atoms with E-state index in [-0.39, 0.29) is 12.0 Å². The molecule has 0 saturated carbocycles. The Labute approximate surface area is 98.1 Å². The van der Waals surface area contributed by atoms with E-state index in [0.717, 1.165) is 25.9 Å². The molecule has 0 bridgehead atoms. The van der Waals surface area contributed by atoms with Crippen molar-refractivity contribution in [1.82, 2.24) is 4.90 Å². The van der Waals surface area contributed by atoms with E-state index in [4.69, 9.17) is 10.5 Å². The van der Waals surface area contributed by atoms with Gasteiger partial charge < -0.3 is 10.5 Å². The molecule has 1 heterocycles. The molecule has 4 nitrogen and oxygen atoms in total. The van der Waals surface area contributed by atoms with E-state index in [1.807, 2.05) is 0 Å². The summed E-state index contributed by atoms with van der Waals surface area (Å²) >= 11 is 0. The second kappa shape index (κ2) is 6.21. The van der Waals surface area contributed by atoms with Crippen LogP contribution in [0, 0.1) is 5.92 Å². The van der Waals surface area contributed by atoms with Gasteiger partial charge in [0.1, 0.15) is 6.04 Å². The van der Waals surface area contributed by atoms with E-state index in [0.29, 0.717) is 5.92 Å². The maximum absolute atomic E-state index is 11.5. The van der Waals surface area contributed by atoms with Gasteiger partial charge in [0.05, 0.1) is 7.11 Å². The number of carbonyl (C=O) groups excluding carboxylic acids is 1. The molecule has 0 aliphatic carbocycles. The molecule has 1 fully saturated rings. The number of nitrogens with zero attached hydrogens (tertiary/aromatic N) is 1. The number of rotatable bonds is 4. The van der Waals surface area contributed by atoms with Crippen LogP contribution < -0.4 is 5.73 Å². The van der Waals surface area contributed by atoms with Crippen molar-refractivity contribution in [2.24, 2.45) is 11.7 Å². The van der Waals surface area contributed by atoms with Crippen molar-refractivity contribution in [3.63, 3.8) is 0 Å². The van der Waals surface area contributed by atoms with E-state index in [1.54, 1.807) is 0 Å². The van der Waals surface area contributed by atoms with E-state index >= 15 is 0 Å². The highest BCUT2D eigenvalue weighted by molar-refractivity contribution is 5.76. The van der Waals surface area contributed by atoms with E-state index in [1.165, 1.54) is 13.5 Å². The number of hydrogen-bond acceptors (Lipinski definition) is 4. The van der Waals surface area contributed by atoms with Crippen LogP contribution in [0.3, 0.4) is 0 Å². The lowest BCUT2D eigenvalue weighted by Gasteiger charge is -2.38. The average molecular weight is 228 g/mol. The van der Waals surface area contributed by atoms with Gasteiger partial charge in [0, 0.05) is 12.6 Å². The summed E-state index contributed by atoms with van der Waals surface area (Å²) in [6.07, 6.45) is 3.37. The number of likely N-dealkylation sites (tertiary alicyclic amines) is 1. The summed E-state index contributed by atoms with van der Waals surface area (Å²) in [6.45, 7) is 6.44. The quantitative estimate of drug-likeness (QED) is 0.729. The fraction of sp³-hybridized carbons (Fsp3) is 0.917. The van der Waals surface area contributed by atoms with E-state index < -0.39 is 6.04 Å². The third-order valence-electron chi connectivity index (χ3n) is 3.15. The highest BCUT2D eigenvalue weighted by Crippen LogP contribution is 2.20. The molecule has 0 spiro atoms. The zero-order valence-electron chi connectivity index (χ0n) is 10.6. The Kier molecular flexibility index (Phi) is 5.22. The van der Waals surface area contributed by atoms with Gasteiger partial charge in [0.15, 0.2) is 0 Å². The Balaban J connectivity index is 2.62. The first-order valence-corrected chi connectivity index (χ1v) is 6.13. The molecule has 2 unspecified atom stereocenters. The van der Waals surface area contributed by atoms with Crippen LogP contribution in [0.15, 0.2) is 0 Å². The Bertz CT molecular complexity index is 231. The van der Waals surface area contributed by atoms with Gasteiger partial charge in [-0.05, 0) is 25.3 Å². The summed E-state index contributed by atoms with van der Waals surface area (Å²) in [4.78, 5) is 13.8. The van der Waals surface area contributed by atoms with Gasteiger partial charge in [-0.2, -0.15) is 0 Å². The van der Waals surface area contributed by atoms with Crippen molar-refractivity contribution in [3.8, 4) is 0 Å². The third-order valence-corrected chi connectivity index (χ3v) is 3.15. The van der Waals surface area contributed by atoms with Gasteiger partial charge in [-0.3, -0.25) is 9.69 Å². The Morgan fingerprint density at radius 2 is 2.19 bits per heavy atom. The van der Waals surface area contributed by atoms with Gasteiger partial charge in [0.2, 0.25) is 0 Å². The van der Waals surface area contributed by atoms with Crippen molar-refractivity contribution in [2.45, 2.75) is 45.2 Å². The molecule has 1 saturated heterocycles. The zero-order valence-corrected chi connectivity index (χ0v) is 10.6. The molecule has 0 amide bonds. The molecule has 0 aromatic heterocycles. The van der Waals surface area contributed by atoms with E-state index in [9.17, 15) is 4.79 Å². The molecule has 1 aliphatic rings. The van der Waals surface area contributed by atoms with Crippen LogP contribution in [0.1, 0.15) is 33.1 Å². The van der Waals surface area contributed by atoms with Crippen molar-refractivity contribution in [1.29, 1.82) is 0 Å². The smallest absolute Gasteiger partial charge is 0.324 e. The molecule has 0 aromatic rings. The minimum absolute atomic E-state index is 0.156. The summed E-state index contributed by atoms with van der Waals surface area (Å²) in [5.74, 6) is 0.311. The number of esters is 1. The molecule has 2 atom stereocenters. The van der Waals surface area contributed by atoms with Gasteiger partial charge in [-0.1, -0.05) is 20.3 Å². The van der Waals surface area contributed by atoms with Crippen LogP contribution in [0.2, 0.25) is 0 Å². The highest BCUT2D eigenvalue weighted by atomic mass is 16.5. The SMILES string of the molecule is COC(=O)C(N)C1CCCCN1CC(C)C. The molecule has 0 radical (unpaired) electrons. The second-order valence-corrected chi connectivity index (χ2v) is 5.00. The minimum atomic E-state index is -0.496. The molecule has 4 heteroatoms. The Morgan fingerprint density at radius 1 is 1.50 bits per heavy atom. The summed E-state index contributed by atoms with van der Waals surface area (Å²) in [7, 11) is 1.40. The van der Waals surface area contributed by atoms with Crippen molar-refractivity contribution >= 4 is 5.97 Å². The molecule has 1 aliphatic heterocycles. The largest absolute Gasteiger partial charge is 0.468 e. The van der Waals surface area contributed by atoms with Crippen LogP contribution in [0.25, 0.3) is 0 Å². The minimum Gasteiger partial charge on any atom is -0.468 e. The van der Waals surface area contributed by atoms with Gasteiger partial charge in [0.25, 0.3) is 0 Å². The molecule has 94 valence electrons. The van der Waals surface area contributed by atoms with Gasteiger partial charge >= 0.3 is 5.97 Å². The lowest BCUT2D eigenvalue weighted by molar-refractivity contribution is -0.144. The van der Waals surface area contributed by atoms with Crippen LogP contribution in [0.5, 0.6) is 0 Å². The van der Waals surface area contributed by atoms with Crippen LogP contribution in [-0.2, 0) is 9.53 Å². The number of piperidine rings is 1. The van der Waals surface area contributed by atoms with Crippen molar-refractivity contribution in [3.05, 3.63) is 0 Å². The first-order valence-electron chi connectivity index (χ1n) is 6.13. The number of methoxy groups -OCH3 is 1. The predicted octanol–water partition coefficient (Wildman–Crippen LogP) is 0.997. The first kappa shape index (κ1) is 13.5. The lowest BCUT2D eigenvalue weighted by atomic mass is 9.95. The molecule has 2 N–H and O–H groups in total. The summed E-state index contributed by atoms with van der Waals surface area (Å²) in [5.41, 5.74) is 5.95. The monoisotopic (exact) mass is 228 g/mol. The van der Waals surface area contributed by atoms with E-state index in [2.05, 4.69) is 18.7 Å². The summed E-state index contributed by atoms with van der Waals surface area (Å²) in [6, 6.07) is -0.340. The average Bonchev–Trinajstić information content (AvgIpc) is 2.27. The summed E-state index contributed by atoms with van der Waals surface area (Å²) < 4.78 is 4.73. The number of nitrogens with two attached hydrogens (primary N) is 1. The Hall–Kier alpha value is -0.610. The van der Waals surface area contributed by atoms with Crippen molar-refractivity contribution in [2.75, 3.05) is 20.2 Å². The highest BCUT2D eigenvalue weighted by Gasteiger charge is 2.32. The molecule has 0 aromatic carbocycles. The third kappa shape index (κ3) is 3.46. The molecule has 1 rings (SSSR count). The zero-order chi connectivity index (χ0) is 12.1. The first-order chi connectivity index (χ1) is 7.56.